The standard InChI is InChI=1S/C12H24N4O2.2ClH/c1-16-6-3-10(4-7-16)2-5-14-12(18)9-15-11(17)8-13;;/h10H,2-9,13H2,1H3,(H,14,18)(H,15,17);2*1H. The molecule has 0 unspecified atom stereocenters. The minimum Gasteiger partial charge on any atom is -0.355 e. The summed E-state index contributed by atoms with van der Waals surface area (Å²) >= 11 is 0. The van der Waals surface area contributed by atoms with Crippen molar-refractivity contribution in [3.05, 3.63) is 0 Å². The summed E-state index contributed by atoms with van der Waals surface area (Å²) in [6.45, 7) is 2.91. The summed E-state index contributed by atoms with van der Waals surface area (Å²) in [7, 11) is 2.14. The molecule has 2 amide bonds. The Bertz CT molecular complexity index is 285. The van der Waals surface area contributed by atoms with Crippen molar-refractivity contribution >= 4 is 36.6 Å². The quantitative estimate of drug-likeness (QED) is 0.627. The molecule has 0 aromatic rings. The average Bonchev–Trinajstić information content (AvgIpc) is 2.38. The molecule has 1 heterocycles. The first-order chi connectivity index (χ1) is 8.61. The molecule has 20 heavy (non-hydrogen) atoms. The Balaban J connectivity index is 0. The van der Waals surface area contributed by atoms with Crippen LogP contribution >= 0.6 is 24.8 Å². The van der Waals surface area contributed by atoms with E-state index in [1.807, 2.05) is 0 Å². The second-order valence-electron chi connectivity index (χ2n) is 4.87. The zero-order valence-corrected chi connectivity index (χ0v) is 13.5. The number of piperidine rings is 1. The predicted octanol–water partition coefficient (Wildman–Crippen LogP) is -0.247. The van der Waals surface area contributed by atoms with E-state index < -0.39 is 0 Å². The van der Waals surface area contributed by atoms with E-state index in [0.717, 1.165) is 19.5 Å². The van der Waals surface area contributed by atoms with Crippen LogP contribution < -0.4 is 16.4 Å². The van der Waals surface area contributed by atoms with Gasteiger partial charge in [-0.25, -0.2) is 0 Å². The van der Waals surface area contributed by atoms with Gasteiger partial charge in [-0.3, -0.25) is 9.59 Å². The number of amides is 2. The number of carbonyl (C=O) groups is 2. The van der Waals surface area contributed by atoms with E-state index in [0.29, 0.717) is 12.5 Å². The second kappa shape index (κ2) is 12.2. The molecule has 0 radical (unpaired) electrons. The van der Waals surface area contributed by atoms with Crippen LogP contribution in [0.2, 0.25) is 0 Å². The first kappa shape index (κ1) is 21.7. The molecular weight excluding hydrogens is 303 g/mol. The highest BCUT2D eigenvalue weighted by Gasteiger charge is 2.16. The highest BCUT2D eigenvalue weighted by molar-refractivity contribution is 5.86. The summed E-state index contributed by atoms with van der Waals surface area (Å²) in [5.41, 5.74) is 5.12. The summed E-state index contributed by atoms with van der Waals surface area (Å²) in [4.78, 5) is 24.6. The SMILES string of the molecule is CN1CCC(CCNC(=O)CNC(=O)CN)CC1.Cl.Cl. The lowest BCUT2D eigenvalue weighted by atomic mass is 9.94. The van der Waals surface area contributed by atoms with Gasteiger partial charge in [0.15, 0.2) is 0 Å². The van der Waals surface area contributed by atoms with E-state index in [1.54, 1.807) is 0 Å². The molecule has 0 aromatic heterocycles. The Kier molecular flexibility index (Phi) is 13.3. The van der Waals surface area contributed by atoms with Gasteiger partial charge in [0.1, 0.15) is 0 Å². The van der Waals surface area contributed by atoms with Gasteiger partial charge in [0, 0.05) is 6.54 Å². The van der Waals surface area contributed by atoms with Crippen LogP contribution in [0.15, 0.2) is 0 Å². The maximum atomic E-state index is 11.4. The van der Waals surface area contributed by atoms with Gasteiger partial charge in [0.05, 0.1) is 13.1 Å². The number of likely N-dealkylation sites (tertiary alicyclic amines) is 1. The minimum absolute atomic E-state index is 0. The Morgan fingerprint density at radius 2 is 1.75 bits per heavy atom. The van der Waals surface area contributed by atoms with Crippen molar-refractivity contribution in [3.8, 4) is 0 Å². The highest BCUT2D eigenvalue weighted by atomic mass is 35.5. The summed E-state index contributed by atoms with van der Waals surface area (Å²) < 4.78 is 0. The Hall–Kier alpha value is -0.560. The number of hydrogen-bond acceptors (Lipinski definition) is 4. The van der Waals surface area contributed by atoms with Crippen LogP contribution in [-0.2, 0) is 9.59 Å². The number of nitrogens with zero attached hydrogens (tertiary/aromatic N) is 1. The number of carbonyl (C=O) groups excluding carboxylic acids is 2. The lowest BCUT2D eigenvalue weighted by molar-refractivity contribution is -0.125. The molecule has 1 fully saturated rings. The topological polar surface area (TPSA) is 87.5 Å². The van der Waals surface area contributed by atoms with Gasteiger partial charge in [0.2, 0.25) is 11.8 Å². The molecule has 0 bridgehead atoms. The first-order valence-electron chi connectivity index (χ1n) is 6.54. The van der Waals surface area contributed by atoms with Crippen LogP contribution in [0, 0.1) is 5.92 Å². The van der Waals surface area contributed by atoms with Crippen molar-refractivity contribution in [2.45, 2.75) is 19.3 Å². The zero-order chi connectivity index (χ0) is 13.4. The molecule has 4 N–H and O–H groups in total. The maximum absolute atomic E-state index is 11.4. The zero-order valence-electron chi connectivity index (χ0n) is 11.9. The Morgan fingerprint density at radius 1 is 1.15 bits per heavy atom. The molecule has 1 aliphatic rings. The largest absolute Gasteiger partial charge is 0.355 e. The van der Waals surface area contributed by atoms with Crippen molar-refractivity contribution in [2.24, 2.45) is 11.7 Å². The predicted molar refractivity (Wildman–Crippen MR) is 84.4 cm³/mol. The van der Waals surface area contributed by atoms with Crippen LogP contribution in [0.5, 0.6) is 0 Å². The average molecular weight is 329 g/mol. The molecule has 1 rings (SSSR count). The van der Waals surface area contributed by atoms with Crippen molar-refractivity contribution in [2.75, 3.05) is 39.8 Å². The van der Waals surface area contributed by atoms with E-state index >= 15 is 0 Å². The number of rotatable bonds is 6. The first-order valence-corrected chi connectivity index (χ1v) is 6.54. The molecule has 6 nitrogen and oxygen atoms in total. The summed E-state index contributed by atoms with van der Waals surface area (Å²) in [5.74, 6) is 0.255. The van der Waals surface area contributed by atoms with Crippen LogP contribution in [0.3, 0.4) is 0 Å². The maximum Gasteiger partial charge on any atom is 0.239 e. The van der Waals surface area contributed by atoms with Crippen molar-refractivity contribution in [1.82, 2.24) is 15.5 Å². The minimum atomic E-state index is -0.305. The normalized spacial score (nSPS) is 15.7. The van der Waals surface area contributed by atoms with E-state index in [2.05, 4.69) is 22.6 Å². The third-order valence-corrected chi connectivity index (χ3v) is 3.34. The Labute approximate surface area is 133 Å². The summed E-state index contributed by atoms with van der Waals surface area (Å²) in [6.07, 6.45) is 3.43. The van der Waals surface area contributed by atoms with Crippen molar-refractivity contribution < 1.29 is 9.59 Å². The fraction of sp³-hybridized carbons (Fsp3) is 0.833. The van der Waals surface area contributed by atoms with Crippen LogP contribution in [0.1, 0.15) is 19.3 Å². The molecule has 1 aliphatic heterocycles. The molecule has 120 valence electrons. The van der Waals surface area contributed by atoms with Gasteiger partial charge in [-0.05, 0) is 45.3 Å². The summed E-state index contributed by atoms with van der Waals surface area (Å²) in [5, 5.41) is 5.26. The molecule has 0 spiro atoms. The number of nitrogens with one attached hydrogen (secondary N) is 2. The molecule has 0 aromatic carbocycles. The fourth-order valence-electron chi connectivity index (χ4n) is 2.08. The number of hydrogen-bond donors (Lipinski definition) is 3. The van der Waals surface area contributed by atoms with Crippen LogP contribution in [-0.4, -0.2) is 56.5 Å². The van der Waals surface area contributed by atoms with E-state index in [-0.39, 0.29) is 49.7 Å². The third-order valence-electron chi connectivity index (χ3n) is 3.34. The molecular formula is C12H26Cl2N4O2. The number of halogens is 2. The lowest BCUT2D eigenvalue weighted by Gasteiger charge is -2.28. The molecule has 0 saturated carbocycles. The molecule has 1 saturated heterocycles. The lowest BCUT2D eigenvalue weighted by Crippen LogP contribution is -2.40. The van der Waals surface area contributed by atoms with Gasteiger partial charge in [0.25, 0.3) is 0 Å². The van der Waals surface area contributed by atoms with Crippen LogP contribution in [0.4, 0.5) is 0 Å². The highest BCUT2D eigenvalue weighted by Crippen LogP contribution is 2.18. The summed E-state index contributed by atoms with van der Waals surface area (Å²) in [6, 6.07) is 0. The van der Waals surface area contributed by atoms with Gasteiger partial charge in [-0.15, -0.1) is 24.8 Å². The second-order valence-corrected chi connectivity index (χ2v) is 4.87. The van der Waals surface area contributed by atoms with E-state index in [9.17, 15) is 9.59 Å². The van der Waals surface area contributed by atoms with E-state index in [1.165, 1.54) is 12.8 Å². The van der Waals surface area contributed by atoms with Gasteiger partial charge in [-0.2, -0.15) is 0 Å². The third kappa shape index (κ3) is 9.36. The van der Waals surface area contributed by atoms with E-state index in [4.69, 9.17) is 5.73 Å². The van der Waals surface area contributed by atoms with Crippen molar-refractivity contribution in [1.29, 1.82) is 0 Å². The van der Waals surface area contributed by atoms with Crippen LogP contribution in [0.25, 0.3) is 0 Å². The van der Waals surface area contributed by atoms with Crippen molar-refractivity contribution in [3.63, 3.8) is 0 Å². The fourth-order valence-corrected chi connectivity index (χ4v) is 2.08. The van der Waals surface area contributed by atoms with Gasteiger partial charge in [-0.1, -0.05) is 0 Å². The molecule has 8 heteroatoms. The monoisotopic (exact) mass is 328 g/mol. The van der Waals surface area contributed by atoms with Gasteiger partial charge >= 0.3 is 0 Å². The Morgan fingerprint density at radius 3 is 2.30 bits per heavy atom. The van der Waals surface area contributed by atoms with Gasteiger partial charge < -0.3 is 21.3 Å². The smallest absolute Gasteiger partial charge is 0.239 e. The number of nitrogens with two attached hydrogens (primary N) is 1. The molecule has 0 atom stereocenters. The molecule has 0 aliphatic carbocycles.